The van der Waals surface area contributed by atoms with Crippen molar-refractivity contribution in [2.24, 2.45) is 7.05 Å². The summed E-state index contributed by atoms with van der Waals surface area (Å²) in [5, 5.41) is 4.09. The number of aryl methyl sites for hydroxylation is 1. The van der Waals surface area contributed by atoms with Crippen LogP contribution in [0.1, 0.15) is 55.9 Å². The molecule has 4 nitrogen and oxygen atoms in total. The van der Waals surface area contributed by atoms with E-state index in [1.165, 1.54) is 19.3 Å². The monoisotopic (exact) mass is 249 g/mol. The second kappa shape index (κ2) is 6.03. The van der Waals surface area contributed by atoms with Gasteiger partial charge in [-0.15, -0.1) is 0 Å². The number of rotatable bonds is 4. The molecule has 0 atom stereocenters. The molecule has 1 aliphatic carbocycles. The van der Waals surface area contributed by atoms with Gasteiger partial charge in [-0.05, 0) is 25.3 Å². The van der Waals surface area contributed by atoms with E-state index in [9.17, 15) is 4.79 Å². The average molecular weight is 249 g/mol. The second-order valence-corrected chi connectivity index (χ2v) is 5.13. The van der Waals surface area contributed by atoms with E-state index in [2.05, 4.69) is 16.9 Å². The zero-order chi connectivity index (χ0) is 13.0. The molecular formula is C14H23N3O. The standard InChI is InChI=1S/C14H23N3O/c1-3-11-17(12-7-5-4-6-8-12)14(18)13-9-10-15-16(13)2/h9-10,12H,3-8,11H2,1-2H3. The quantitative estimate of drug-likeness (QED) is 0.822. The Bertz CT molecular complexity index is 393. The topological polar surface area (TPSA) is 38.1 Å². The lowest BCUT2D eigenvalue weighted by Crippen LogP contribution is -2.42. The molecule has 1 aliphatic rings. The van der Waals surface area contributed by atoms with Crippen molar-refractivity contribution in [1.82, 2.24) is 14.7 Å². The molecule has 1 saturated carbocycles. The van der Waals surface area contributed by atoms with E-state index in [1.807, 2.05) is 13.1 Å². The van der Waals surface area contributed by atoms with Gasteiger partial charge in [0.05, 0.1) is 0 Å². The van der Waals surface area contributed by atoms with Crippen molar-refractivity contribution in [3.8, 4) is 0 Å². The maximum Gasteiger partial charge on any atom is 0.272 e. The van der Waals surface area contributed by atoms with Crippen LogP contribution in [0.25, 0.3) is 0 Å². The molecule has 1 fully saturated rings. The molecule has 100 valence electrons. The number of carbonyl (C=O) groups excluding carboxylic acids is 1. The molecule has 18 heavy (non-hydrogen) atoms. The summed E-state index contributed by atoms with van der Waals surface area (Å²) in [4.78, 5) is 14.6. The van der Waals surface area contributed by atoms with Crippen LogP contribution in [-0.2, 0) is 7.05 Å². The number of carbonyl (C=O) groups is 1. The van der Waals surface area contributed by atoms with Gasteiger partial charge in [-0.3, -0.25) is 9.48 Å². The van der Waals surface area contributed by atoms with Gasteiger partial charge in [0.2, 0.25) is 0 Å². The summed E-state index contributed by atoms with van der Waals surface area (Å²) in [5.41, 5.74) is 0.703. The summed E-state index contributed by atoms with van der Waals surface area (Å²) in [5.74, 6) is 0.142. The van der Waals surface area contributed by atoms with Crippen molar-refractivity contribution >= 4 is 5.91 Å². The number of hydrogen-bond donors (Lipinski definition) is 0. The fourth-order valence-corrected chi connectivity index (χ4v) is 2.81. The first-order chi connectivity index (χ1) is 8.74. The van der Waals surface area contributed by atoms with Gasteiger partial charge in [0, 0.05) is 25.8 Å². The minimum atomic E-state index is 0.142. The predicted octanol–water partition coefficient (Wildman–Crippen LogP) is 2.61. The zero-order valence-corrected chi connectivity index (χ0v) is 11.4. The van der Waals surface area contributed by atoms with Crippen LogP contribution in [0.4, 0.5) is 0 Å². The molecule has 0 spiro atoms. The minimum Gasteiger partial charge on any atom is -0.334 e. The molecule has 0 unspecified atom stereocenters. The van der Waals surface area contributed by atoms with E-state index in [-0.39, 0.29) is 5.91 Å². The van der Waals surface area contributed by atoms with Crippen LogP contribution in [0.5, 0.6) is 0 Å². The van der Waals surface area contributed by atoms with E-state index >= 15 is 0 Å². The fraction of sp³-hybridized carbons (Fsp3) is 0.714. The third-order valence-electron chi connectivity index (χ3n) is 3.78. The van der Waals surface area contributed by atoms with Gasteiger partial charge in [0.25, 0.3) is 5.91 Å². The van der Waals surface area contributed by atoms with Crippen molar-refractivity contribution in [2.75, 3.05) is 6.54 Å². The lowest BCUT2D eigenvalue weighted by atomic mass is 9.94. The van der Waals surface area contributed by atoms with Crippen LogP contribution in [-0.4, -0.2) is 33.2 Å². The maximum atomic E-state index is 12.6. The Balaban J connectivity index is 2.13. The Morgan fingerprint density at radius 1 is 1.44 bits per heavy atom. The molecule has 0 N–H and O–H groups in total. The van der Waals surface area contributed by atoms with Crippen molar-refractivity contribution in [3.05, 3.63) is 18.0 Å². The van der Waals surface area contributed by atoms with Gasteiger partial charge < -0.3 is 4.90 Å². The molecule has 2 rings (SSSR count). The SMILES string of the molecule is CCCN(C(=O)c1ccnn1C)C1CCCCC1. The summed E-state index contributed by atoms with van der Waals surface area (Å²) in [6, 6.07) is 2.24. The van der Waals surface area contributed by atoms with Crippen LogP contribution in [0, 0.1) is 0 Å². The van der Waals surface area contributed by atoms with Crippen molar-refractivity contribution < 1.29 is 4.79 Å². The fourth-order valence-electron chi connectivity index (χ4n) is 2.81. The van der Waals surface area contributed by atoms with Crippen LogP contribution in [0.2, 0.25) is 0 Å². The molecule has 0 bridgehead atoms. The Labute approximate surface area is 109 Å². The van der Waals surface area contributed by atoms with E-state index in [1.54, 1.807) is 10.9 Å². The predicted molar refractivity (Wildman–Crippen MR) is 71.4 cm³/mol. The third-order valence-corrected chi connectivity index (χ3v) is 3.78. The van der Waals surface area contributed by atoms with E-state index in [0.29, 0.717) is 11.7 Å². The molecular weight excluding hydrogens is 226 g/mol. The Hall–Kier alpha value is -1.32. The molecule has 1 amide bonds. The summed E-state index contributed by atoms with van der Waals surface area (Å²) in [6.07, 6.45) is 8.84. The highest BCUT2D eigenvalue weighted by atomic mass is 16.2. The molecule has 1 heterocycles. The first-order valence-electron chi connectivity index (χ1n) is 7.03. The van der Waals surface area contributed by atoms with Crippen LogP contribution < -0.4 is 0 Å². The van der Waals surface area contributed by atoms with Gasteiger partial charge in [-0.25, -0.2) is 0 Å². The maximum absolute atomic E-state index is 12.6. The number of amides is 1. The summed E-state index contributed by atoms with van der Waals surface area (Å²) in [7, 11) is 1.83. The zero-order valence-electron chi connectivity index (χ0n) is 11.4. The van der Waals surface area contributed by atoms with Gasteiger partial charge >= 0.3 is 0 Å². The molecule has 0 aliphatic heterocycles. The average Bonchev–Trinajstić information content (AvgIpc) is 2.82. The second-order valence-electron chi connectivity index (χ2n) is 5.13. The molecule has 0 radical (unpaired) electrons. The molecule has 0 aromatic carbocycles. The van der Waals surface area contributed by atoms with Gasteiger partial charge in [0.1, 0.15) is 5.69 Å². The van der Waals surface area contributed by atoms with Crippen molar-refractivity contribution in [2.45, 2.75) is 51.5 Å². The largest absolute Gasteiger partial charge is 0.334 e. The van der Waals surface area contributed by atoms with Crippen molar-refractivity contribution in [3.63, 3.8) is 0 Å². The van der Waals surface area contributed by atoms with E-state index in [0.717, 1.165) is 25.8 Å². The summed E-state index contributed by atoms with van der Waals surface area (Å²) >= 11 is 0. The summed E-state index contributed by atoms with van der Waals surface area (Å²) in [6.45, 7) is 2.99. The third kappa shape index (κ3) is 2.74. The lowest BCUT2D eigenvalue weighted by Gasteiger charge is -2.34. The van der Waals surface area contributed by atoms with E-state index in [4.69, 9.17) is 0 Å². The van der Waals surface area contributed by atoms with E-state index < -0.39 is 0 Å². The highest BCUT2D eigenvalue weighted by molar-refractivity contribution is 5.92. The Kier molecular flexibility index (Phi) is 4.39. The first kappa shape index (κ1) is 13.1. The molecule has 0 saturated heterocycles. The number of hydrogen-bond acceptors (Lipinski definition) is 2. The minimum absolute atomic E-state index is 0.142. The molecule has 4 heteroatoms. The van der Waals surface area contributed by atoms with Gasteiger partial charge in [0.15, 0.2) is 0 Å². The summed E-state index contributed by atoms with van der Waals surface area (Å²) < 4.78 is 1.67. The van der Waals surface area contributed by atoms with Crippen LogP contribution in [0.15, 0.2) is 12.3 Å². The highest BCUT2D eigenvalue weighted by Crippen LogP contribution is 2.24. The highest BCUT2D eigenvalue weighted by Gasteiger charge is 2.26. The first-order valence-corrected chi connectivity index (χ1v) is 7.03. The lowest BCUT2D eigenvalue weighted by molar-refractivity contribution is 0.0623. The normalized spacial score (nSPS) is 16.8. The molecule has 1 aromatic heterocycles. The number of nitrogens with zero attached hydrogens (tertiary/aromatic N) is 3. The van der Waals surface area contributed by atoms with Crippen molar-refractivity contribution in [1.29, 1.82) is 0 Å². The van der Waals surface area contributed by atoms with Crippen LogP contribution >= 0.6 is 0 Å². The van der Waals surface area contributed by atoms with Gasteiger partial charge in [-0.2, -0.15) is 5.10 Å². The Morgan fingerprint density at radius 3 is 2.72 bits per heavy atom. The smallest absolute Gasteiger partial charge is 0.272 e. The molecule has 1 aromatic rings. The Morgan fingerprint density at radius 2 is 2.17 bits per heavy atom. The number of aromatic nitrogens is 2. The van der Waals surface area contributed by atoms with Gasteiger partial charge in [-0.1, -0.05) is 26.2 Å². The van der Waals surface area contributed by atoms with Crippen LogP contribution in [0.3, 0.4) is 0 Å².